The lowest BCUT2D eigenvalue weighted by Crippen LogP contribution is -2.04. The Morgan fingerprint density at radius 1 is 1.56 bits per heavy atom. The van der Waals surface area contributed by atoms with Gasteiger partial charge in [-0.25, -0.2) is 4.79 Å². The van der Waals surface area contributed by atoms with Crippen LogP contribution < -0.4 is 5.73 Å². The summed E-state index contributed by atoms with van der Waals surface area (Å²) >= 11 is 1.62. The van der Waals surface area contributed by atoms with Crippen LogP contribution in [0.15, 0.2) is 23.1 Å². The van der Waals surface area contributed by atoms with E-state index in [1.165, 1.54) is 6.07 Å². The molecule has 0 aromatic heterocycles. The Kier molecular flexibility index (Phi) is 4.68. The zero-order valence-electron chi connectivity index (χ0n) is 9.56. The van der Waals surface area contributed by atoms with Crippen LogP contribution in [-0.2, 0) is 0 Å². The number of nitrogens with two attached hydrogens (primary N) is 1. The average Bonchev–Trinajstić information content (AvgIpc) is 2.26. The van der Waals surface area contributed by atoms with Gasteiger partial charge in [0, 0.05) is 10.6 Å². The fourth-order valence-corrected chi connectivity index (χ4v) is 2.35. The third-order valence-corrected chi connectivity index (χ3v) is 3.92. The maximum Gasteiger partial charge on any atom is 0.337 e. The number of para-hydroxylation sites is 1. The number of rotatable bonds is 5. The second-order valence-electron chi connectivity index (χ2n) is 3.85. The molecule has 3 nitrogen and oxygen atoms in total. The molecule has 0 heterocycles. The number of hydrogen-bond acceptors (Lipinski definition) is 3. The highest BCUT2D eigenvalue weighted by Crippen LogP contribution is 2.29. The van der Waals surface area contributed by atoms with Crippen LogP contribution in [0.3, 0.4) is 0 Å². The number of carboxylic acid groups (broad SMARTS) is 1. The quantitative estimate of drug-likeness (QED) is 0.612. The van der Waals surface area contributed by atoms with Gasteiger partial charge in [0.05, 0.1) is 11.3 Å². The molecule has 0 saturated carbocycles. The minimum atomic E-state index is -0.969. The maximum absolute atomic E-state index is 10.9. The molecule has 0 saturated heterocycles. The van der Waals surface area contributed by atoms with E-state index in [1.54, 1.807) is 17.8 Å². The average molecular weight is 239 g/mol. The highest BCUT2D eigenvalue weighted by atomic mass is 32.2. The van der Waals surface area contributed by atoms with Gasteiger partial charge in [0.2, 0.25) is 0 Å². The Balaban J connectivity index is 2.81. The van der Waals surface area contributed by atoms with Crippen molar-refractivity contribution in [2.45, 2.75) is 25.2 Å². The number of anilines is 1. The fourth-order valence-electron chi connectivity index (χ4n) is 1.21. The van der Waals surface area contributed by atoms with E-state index in [2.05, 4.69) is 13.8 Å². The van der Waals surface area contributed by atoms with Crippen molar-refractivity contribution < 1.29 is 9.90 Å². The van der Waals surface area contributed by atoms with Crippen molar-refractivity contribution in [3.63, 3.8) is 0 Å². The highest BCUT2D eigenvalue weighted by molar-refractivity contribution is 7.99. The summed E-state index contributed by atoms with van der Waals surface area (Å²) in [6.07, 6.45) is 1.12. The van der Waals surface area contributed by atoms with Crippen molar-refractivity contribution >= 4 is 23.4 Å². The smallest absolute Gasteiger partial charge is 0.337 e. The molecule has 16 heavy (non-hydrogen) atoms. The molecule has 3 N–H and O–H groups in total. The van der Waals surface area contributed by atoms with Gasteiger partial charge in [0.15, 0.2) is 0 Å². The molecule has 1 aromatic carbocycles. The van der Waals surface area contributed by atoms with E-state index in [-0.39, 0.29) is 5.56 Å². The summed E-state index contributed by atoms with van der Waals surface area (Å²) in [5, 5.41) is 8.92. The number of benzene rings is 1. The van der Waals surface area contributed by atoms with Gasteiger partial charge in [0.1, 0.15) is 0 Å². The lowest BCUT2D eigenvalue weighted by molar-refractivity contribution is 0.0698. The van der Waals surface area contributed by atoms with E-state index >= 15 is 0 Å². The topological polar surface area (TPSA) is 63.3 Å². The first kappa shape index (κ1) is 12.9. The van der Waals surface area contributed by atoms with E-state index in [0.29, 0.717) is 11.6 Å². The van der Waals surface area contributed by atoms with Gasteiger partial charge in [0.25, 0.3) is 0 Å². The van der Waals surface area contributed by atoms with Crippen molar-refractivity contribution in [3.8, 4) is 0 Å². The van der Waals surface area contributed by atoms with E-state index in [9.17, 15) is 4.79 Å². The molecule has 0 bridgehead atoms. The molecule has 0 aliphatic rings. The Morgan fingerprint density at radius 3 is 2.81 bits per heavy atom. The molecule has 4 heteroatoms. The summed E-state index contributed by atoms with van der Waals surface area (Å²) in [4.78, 5) is 11.7. The van der Waals surface area contributed by atoms with Crippen LogP contribution in [0.1, 0.15) is 30.6 Å². The molecule has 0 amide bonds. The largest absolute Gasteiger partial charge is 0.478 e. The van der Waals surface area contributed by atoms with Crippen molar-refractivity contribution in [3.05, 3.63) is 23.8 Å². The minimum absolute atomic E-state index is 0.189. The predicted molar refractivity (Wildman–Crippen MR) is 68.0 cm³/mol. The van der Waals surface area contributed by atoms with Gasteiger partial charge in [-0.3, -0.25) is 0 Å². The van der Waals surface area contributed by atoms with Gasteiger partial charge in [-0.2, -0.15) is 0 Å². The number of nitrogen functional groups attached to an aromatic ring is 1. The van der Waals surface area contributed by atoms with E-state index < -0.39 is 5.97 Å². The lowest BCUT2D eigenvalue weighted by Gasteiger charge is -2.10. The molecular formula is C12H17NO2S. The van der Waals surface area contributed by atoms with Crippen molar-refractivity contribution in [1.29, 1.82) is 0 Å². The van der Waals surface area contributed by atoms with Crippen LogP contribution in [0.5, 0.6) is 0 Å². The van der Waals surface area contributed by atoms with Gasteiger partial charge < -0.3 is 10.8 Å². The van der Waals surface area contributed by atoms with E-state index in [4.69, 9.17) is 10.8 Å². The monoisotopic (exact) mass is 239 g/mol. The van der Waals surface area contributed by atoms with Crippen LogP contribution in [0.25, 0.3) is 0 Å². The molecule has 0 fully saturated rings. The molecule has 1 rings (SSSR count). The number of thioether (sulfide) groups is 1. The van der Waals surface area contributed by atoms with Gasteiger partial charge in [-0.1, -0.05) is 26.3 Å². The predicted octanol–water partition coefficient (Wildman–Crippen LogP) is 3.11. The summed E-state index contributed by atoms with van der Waals surface area (Å²) in [7, 11) is 0. The number of carboxylic acids is 1. The van der Waals surface area contributed by atoms with E-state index in [0.717, 1.165) is 17.1 Å². The number of hydrogen-bond donors (Lipinski definition) is 2. The van der Waals surface area contributed by atoms with Crippen molar-refractivity contribution in [2.75, 3.05) is 11.5 Å². The summed E-state index contributed by atoms with van der Waals surface area (Å²) in [5.74, 6) is 0.602. The molecule has 88 valence electrons. The molecule has 0 spiro atoms. The van der Waals surface area contributed by atoms with Crippen LogP contribution in [0, 0.1) is 5.92 Å². The molecule has 1 aromatic rings. The zero-order valence-corrected chi connectivity index (χ0v) is 10.4. The van der Waals surface area contributed by atoms with Crippen LogP contribution in [0.2, 0.25) is 0 Å². The summed E-state index contributed by atoms with van der Waals surface area (Å²) in [5.41, 5.74) is 6.38. The van der Waals surface area contributed by atoms with Crippen molar-refractivity contribution in [1.82, 2.24) is 0 Å². The fraction of sp³-hybridized carbons (Fsp3) is 0.417. The highest BCUT2D eigenvalue weighted by Gasteiger charge is 2.11. The molecule has 1 unspecified atom stereocenters. The Bertz CT molecular complexity index is 379. The van der Waals surface area contributed by atoms with Gasteiger partial charge in [-0.05, 0) is 18.1 Å². The van der Waals surface area contributed by atoms with Crippen molar-refractivity contribution in [2.24, 2.45) is 5.92 Å². The lowest BCUT2D eigenvalue weighted by atomic mass is 10.2. The summed E-state index contributed by atoms with van der Waals surface area (Å²) in [6, 6.07) is 5.14. The van der Waals surface area contributed by atoms with Crippen LogP contribution >= 0.6 is 11.8 Å². The zero-order chi connectivity index (χ0) is 12.1. The standard InChI is InChI=1S/C12H17NO2S/c1-3-8(2)7-16-10-6-4-5-9(11(10)13)12(14)15/h4-6,8H,3,7,13H2,1-2H3,(H,14,15). The SMILES string of the molecule is CCC(C)CSc1cccc(C(=O)O)c1N. The second kappa shape index (κ2) is 5.80. The Morgan fingerprint density at radius 2 is 2.25 bits per heavy atom. The molecule has 0 aliphatic carbocycles. The molecular weight excluding hydrogens is 222 g/mol. The second-order valence-corrected chi connectivity index (χ2v) is 4.91. The molecule has 0 aliphatic heterocycles. The Hall–Kier alpha value is -1.16. The normalized spacial score (nSPS) is 12.4. The van der Waals surface area contributed by atoms with Crippen LogP contribution in [0.4, 0.5) is 5.69 Å². The third-order valence-electron chi connectivity index (χ3n) is 2.52. The number of aromatic carboxylic acids is 1. The Labute approximate surface area is 100 Å². The first-order valence-corrected chi connectivity index (χ1v) is 6.29. The first-order chi connectivity index (χ1) is 7.56. The maximum atomic E-state index is 10.9. The summed E-state index contributed by atoms with van der Waals surface area (Å²) in [6.45, 7) is 4.31. The van der Waals surface area contributed by atoms with E-state index in [1.807, 2.05) is 6.07 Å². The van der Waals surface area contributed by atoms with Gasteiger partial charge >= 0.3 is 5.97 Å². The third kappa shape index (κ3) is 3.17. The minimum Gasteiger partial charge on any atom is -0.478 e. The molecule has 1 atom stereocenters. The first-order valence-electron chi connectivity index (χ1n) is 5.30. The van der Waals surface area contributed by atoms with Crippen LogP contribution in [-0.4, -0.2) is 16.8 Å². The summed E-state index contributed by atoms with van der Waals surface area (Å²) < 4.78 is 0. The number of carbonyl (C=O) groups is 1. The molecule has 0 radical (unpaired) electrons. The van der Waals surface area contributed by atoms with Gasteiger partial charge in [-0.15, -0.1) is 11.8 Å².